The van der Waals surface area contributed by atoms with E-state index in [1.807, 2.05) is 42.8 Å². The molecule has 8 heteroatoms. The number of rotatable bonds is 8. The predicted molar refractivity (Wildman–Crippen MR) is 117 cm³/mol. The number of anilines is 1. The number of guanidine groups is 1. The zero-order valence-corrected chi connectivity index (χ0v) is 18.0. The Bertz CT molecular complexity index is 807. The van der Waals surface area contributed by atoms with Crippen LogP contribution in [0.5, 0.6) is 0 Å². The highest BCUT2D eigenvalue weighted by atomic mass is 35.5. The SMILES string of the molecule is CCNC(=NCC(C)(O)c1ccsc1)NCCC(=O)Nc1ccc(C)cc1Cl. The first-order chi connectivity index (χ1) is 13.3. The maximum atomic E-state index is 12.2. The number of halogens is 1. The first-order valence-electron chi connectivity index (χ1n) is 9.15. The number of aliphatic hydroxyl groups is 1. The van der Waals surface area contributed by atoms with Crippen molar-refractivity contribution < 1.29 is 9.90 Å². The molecular weight excluding hydrogens is 396 g/mol. The van der Waals surface area contributed by atoms with Gasteiger partial charge in [0.25, 0.3) is 0 Å². The van der Waals surface area contributed by atoms with Crippen LogP contribution in [0.15, 0.2) is 40.0 Å². The highest BCUT2D eigenvalue weighted by molar-refractivity contribution is 7.08. The van der Waals surface area contributed by atoms with Gasteiger partial charge in [-0.3, -0.25) is 4.79 Å². The molecule has 0 aliphatic heterocycles. The molecule has 4 N–H and O–H groups in total. The van der Waals surface area contributed by atoms with Gasteiger partial charge in [0.1, 0.15) is 5.60 Å². The zero-order chi connectivity index (χ0) is 20.6. The van der Waals surface area contributed by atoms with Crippen molar-refractivity contribution in [1.29, 1.82) is 0 Å². The van der Waals surface area contributed by atoms with Crippen molar-refractivity contribution in [2.75, 3.05) is 25.0 Å². The number of hydrogen-bond donors (Lipinski definition) is 4. The molecule has 0 aliphatic rings. The lowest BCUT2D eigenvalue weighted by Gasteiger charge is -2.21. The summed E-state index contributed by atoms with van der Waals surface area (Å²) >= 11 is 7.68. The molecule has 28 heavy (non-hydrogen) atoms. The minimum atomic E-state index is -1.04. The number of carbonyl (C=O) groups excluding carboxylic acids is 1. The molecule has 1 heterocycles. The number of benzene rings is 1. The smallest absolute Gasteiger partial charge is 0.226 e. The number of thiophene rings is 1. The normalized spacial score (nSPS) is 13.7. The molecule has 1 aromatic carbocycles. The molecule has 0 saturated heterocycles. The second-order valence-corrected chi connectivity index (χ2v) is 7.88. The van der Waals surface area contributed by atoms with Crippen LogP contribution in [-0.4, -0.2) is 36.6 Å². The predicted octanol–water partition coefficient (Wildman–Crippen LogP) is 3.50. The van der Waals surface area contributed by atoms with Crippen molar-refractivity contribution in [2.45, 2.75) is 32.8 Å². The van der Waals surface area contributed by atoms with Crippen molar-refractivity contribution in [3.05, 3.63) is 51.2 Å². The summed E-state index contributed by atoms with van der Waals surface area (Å²) in [5.74, 6) is 0.415. The van der Waals surface area contributed by atoms with E-state index in [9.17, 15) is 9.90 Å². The molecule has 1 amide bonds. The van der Waals surface area contributed by atoms with Crippen LogP contribution in [0.2, 0.25) is 5.02 Å². The molecule has 6 nitrogen and oxygen atoms in total. The fraction of sp³-hybridized carbons (Fsp3) is 0.400. The molecule has 0 spiro atoms. The maximum absolute atomic E-state index is 12.2. The quantitative estimate of drug-likeness (QED) is 0.387. The fourth-order valence-corrected chi connectivity index (χ4v) is 3.53. The third-order valence-electron chi connectivity index (χ3n) is 4.08. The Morgan fingerprint density at radius 1 is 1.32 bits per heavy atom. The first kappa shape index (κ1) is 22.2. The first-order valence-corrected chi connectivity index (χ1v) is 10.5. The molecule has 0 radical (unpaired) electrons. The lowest BCUT2D eigenvalue weighted by Crippen LogP contribution is -2.40. The molecular formula is C20H27ClN4O2S. The molecule has 2 rings (SSSR count). The largest absolute Gasteiger partial charge is 0.383 e. The number of carbonyl (C=O) groups is 1. The second kappa shape index (κ2) is 10.5. The van der Waals surface area contributed by atoms with E-state index in [-0.39, 0.29) is 18.9 Å². The topological polar surface area (TPSA) is 85.8 Å². The minimum Gasteiger partial charge on any atom is -0.383 e. The molecule has 0 aliphatic carbocycles. The molecule has 0 saturated carbocycles. The van der Waals surface area contributed by atoms with Gasteiger partial charge in [0, 0.05) is 19.5 Å². The van der Waals surface area contributed by atoms with Gasteiger partial charge in [0.05, 0.1) is 17.3 Å². The fourth-order valence-electron chi connectivity index (χ4n) is 2.47. The van der Waals surface area contributed by atoms with E-state index in [2.05, 4.69) is 20.9 Å². The van der Waals surface area contributed by atoms with Crippen LogP contribution < -0.4 is 16.0 Å². The van der Waals surface area contributed by atoms with Gasteiger partial charge in [-0.25, -0.2) is 4.99 Å². The third-order valence-corrected chi connectivity index (χ3v) is 5.07. The molecule has 1 unspecified atom stereocenters. The van der Waals surface area contributed by atoms with E-state index in [1.165, 1.54) is 11.3 Å². The van der Waals surface area contributed by atoms with Crippen LogP contribution >= 0.6 is 22.9 Å². The lowest BCUT2D eigenvalue weighted by atomic mass is 10.00. The Morgan fingerprint density at radius 3 is 2.75 bits per heavy atom. The van der Waals surface area contributed by atoms with E-state index >= 15 is 0 Å². The Balaban J connectivity index is 1.86. The van der Waals surface area contributed by atoms with Crippen LogP contribution in [0.4, 0.5) is 5.69 Å². The van der Waals surface area contributed by atoms with Crippen LogP contribution in [0.3, 0.4) is 0 Å². The summed E-state index contributed by atoms with van der Waals surface area (Å²) < 4.78 is 0. The number of aliphatic imine (C=N–C) groups is 1. The van der Waals surface area contributed by atoms with Gasteiger partial charge in [0.2, 0.25) is 5.91 Å². The van der Waals surface area contributed by atoms with E-state index < -0.39 is 5.60 Å². The molecule has 0 fully saturated rings. The van der Waals surface area contributed by atoms with Gasteiger partial charge in [0.15, 0.2) is 5.96 Å². The summed E-state index contributed by atoms with van der Waals surface area (Å²) in [7, 11) is 0. The maximum Gasteiger partial charge on any atom is 0.226 e. The van der Waals surface area contributed by atoms with Gasteiger partial charge in [-0.1, -0.05) is 17.7 Å². The summed E-state index contributed by atoms with van der Waals surface area (Å²) in [6, 6.07) is 7.39. The number of aryl methyl sites for hydroxylation is 1. The zero-order valence-electron chi connectivity index (χ0n) is 16.4. The van der Waals surface area contributed by atoms with Crippen LogP contribution in [0.25, 0.3) is 0 Å². The van der Waals surface area contributed by atoms with E-state index in [0.717, 1.165) is 11.1 Å². The number of nitrogens with zero attached hydrogens (tertiary/aromatic N) is 1. The van der Waals surface area contributed by atoms with E-state index in [0.29, 0.717) is 29.8 Å². The van der Waals surface area contributed by atoms with Crippen LogP contribution in [-0.2, 0) is 10.4 Å². The molecule has 2 aromatic rings. The Morgan fingerprint density at radius 2 is 2.11 bits per heavy atom. The van der Waals surface area contributed by atoms with E-state index in [1.54, 1.807) is 13.0 Å². The number of nitrogens with one attached hydrogen (secondary N) is 3. The van der Waals surface area contributed by atoms with Crippen LogP contribution in [0.1, 0.15) is 31.4 Å². The van der Waals surface area contributed by atoms with Crippen molar-refractivity contribution in [1.82, 2.24) is 10.6 Å². The average molecular weight is 423 g/mol. The second-order valence-electron chi connectivity index (χ2n) is 6.69. The van der Waals surface area contributed by atoms with Crippen molar-refractivity contribution in [2.24, 2.45) is 4.99 Å². The molecule has 1 atom stereocenters. The number of amides is 1. The van der Waals surface area contributed by atoms with Gasteiger partial charge in [-0.2, -0.15) is 11.3 Å². The van der Waals surface area contributed by atoms with Gasteiger partial charge < -0.3 is 21.1 Å². The average Bonchev–Trinajstić information content (AvgIpc) is 3.18. The van der Waals surface area contributed by atoms with Crippen molar-refractivity contribution >= 4 is 40.5 Å². The minimum absolute atomic E-state index is 0.139. The number of hydrogen-bond acceptors (Lipinski definition) is 4. The Labute approximate surface area is 175 Å². The summed E-state index contributed by atoms with van der Waals surface area (Å²) in [6.07, 6.45) is 0.259. The molecule has 0 bridgehead atoms. The van der Waals surface area contributed by atoms with Gasteiger partial charge >= 0.3 is 0 Å². The summed E-state index contributed by atoms with van der Waals surface area (Å²) in [6.45, 7) is 6.93. The highest BCUT2D eigenvalue weighted by Crippen LogP contribution is 2.23. The monoisotopic (exact) mass is 422 g/mol. The summed E-state index contributed by atoms with van der Waals surface area (Å²) in [5, 5.41) is 24.0. The van der Waals surface area contributed by atoms with Crippen LogP contribution in [0, 0.1) is 6.92 Å². The van der Waals surface area contributed by atoms with E-state index in [4.69, 9.17) is 11.6 Å². The standard InChI is InChI=1S/C20H27ClN4O2S/c1-4-22-19(24-13-20(3,27)15-8-10-28-12-15)23-9-7-18(26)25-17-6-5-14(2)11-16(17)21/h5-6,8,10-12,27H,4,7,9,13H2,1-3H3,(H,25,26)(H2,22,23,24). The van der Waals surface area contributed by atoms with Crippen molar-refractivity contribution in [3.8, 4) is 0 Å². The Hall–Kier alpha value is -2.09. The summed E-state index contributed by atoms with van der Waals surface area (Å²) in [4.78, 5) is 16.6. The lowest BCUT2D eigenvalue weighted by molar-refractivity contribution is -0.116. The third kappa shape index (κ3) is 6.82. The molecule has 152 valence electrons. The molecule has 1 aromatic heterocycles. The van der Waals surface area contributed by atoms with Crippen molar-refractivity contribution in [3.63, 3.8) is 0 Å². The van der Waals surface area contributed by atoms with Gasteiger partial charge in [-0.05, 0) is 60.9 Å². The summed E-state index contributed by atoms with van der Waals surface area (Å²) in [5.41, 5.74) is 1.44. The Kier molecular flexibility index (Phi) is 8.29. The highest BCUT2D eigenvalue weighted by Gasteiger charge is 2.23. The van der Waals surface area contributed by atoms with Gasteiger partial charge in [-0.15, -0.1) is 0 Å².